The summed E-state index contributed by atoms with van der Waals surface area (Å²) in [6.45, 7) is 2.57. The van der Waals surface area contributed by atoms with Crippen LogP contribution in [0, 0.1) is 0 Å². The molecule has 19 heavy (non-hydrogen) atoms. The molecule has 0 saturated carbocycles. The second-order valence-electron chi connectivity index (χ2n) is 4.18. The number of hydrogen-bond acceptors (Lipinski definition) is 4. The number of nitrogens with zero attached hydrogens (tertiary/aromatic N) is 1. The molecule has 1 aliphatic heterocycles. The third-order valence-corrected chi connectivity index (χ3v) is 2.91. The molecule has 102 valence electrons. The molecular weight excluding hydrogens is 248 g/mol. The van der Waals surface area contributed by atoms with Gasteiger partial charge in [0.05, 0.1) is 6.54 Å². The number of ether oxygens (including phenoxy) is 2. The Morgan fingerprint density at radius 3 is 2.95 bits per heavy atom. The lowest BCUT2D eigenvalue weighted by molar-refractivity contribution is -0.124. The molecule has 1 atom stereocenters. The Balaban J connectivity index is 2.11. The SMILES string of the molecule is COC(C)C(=O)Nc1cccc(N2CCOC2=O)c1. The summed E-state index contributed by atoms with van der Waals surface area (Å²) in [5.74, 6) is -0.233. The topological polar surface area (TPSA) is 67.9 Å². The molecule has 2 amide bonds. The van der Waals surface area contributed by atoms with Crippen LogP contribution in [0.25, 0.3) is 0 Å². The molecule has 1 fully saturated rings. The van der Waals surface area contributed by atoms with Crippen LogP contribution in [-0.2, 0) is 14.3 Å². The minimum Gasteiger partial charge on any atom is -0.447 e. The van der Waals surface area contributed by atoms with Gasteiger partial charge in [-0.15, -0.1) is 0 Å². The van der Waals surface area contributed by atoms with E-state index in [0.717, 1.165) is 0 Å². The smallest absolute Gasteiger partial charge is 0.414 e. The van der Waals surface area contributed by atoms with Gasteiger partial charge in [-0.1, -0.05) is 6.07 Å². The molecule has 1 heterocycles. The molecule has 0 aromatic heterocycles. The summed E-state index contributed by atoms with van der Waals surface area (Å²) in [5, 5.41) is 2.73. The van der Waals surface area contributed by atoms with E-state index >= 15 is 0 Å². The van der Waals surface area contributed by atoms with Gasteiger partial charge in [0.2, 0.25) is 0 Å². The van der Waals surface area contributed by atoms with Crippen LogP contribution >= 0.6 is 0 Å². The second-order valence-corrected chi connectivity index (χ2v) is 4.18. The minimum atomic E-state index is -0.527. The van der Waals surface area contributed by atoms with Crippen LogP contribution in [0.5, 0.6) is 0 Å². The molecule has 1 saturated heterocycles. The minimum absolute atomic E-state index is 0.233. The first-order valence-corrected chi connectivity index (χ1v) is 6.00. The average molecular weight is 264 g/mol. The highest BCUT2D eigenvalue weighted by Gasteiger charge is 2.23. The Hall–Kier alpha value is -2.08. The first-order chi connectivity index (χ1) is 9.11. The van der Waals surface area contributed by atoms with Crippen LogP contribution in [0.1, 0.15) is 6.92 Å². The van der Waals surface area contributed by atoms with Crippen molar-refractivity contribution in [2.75, 3.05) is 30.5 Å². The van der Waals surface area contributed by atoms with Gasteiger partial charge in [-0.3, -0.25) is 9.69 Å². The van der Waals surface area contributed by atoms with Gasteiger partial charge in [0.25, 0.3) is 5.91 Å². The number of rotatable bonds is 4. The number of amides is 2. The Bertz CT molecular complexity index is 489. The summed E-state index contributed by atoms with van der Waals surface area (Å²) < 4.78 is 9.81. The van der Waals surface area contributed by atoms with Gasteiger partial charge in [0.1, 0.15) is 12.7 Å². The van der Waals surface area contributed by atoms with Gasteiger partial charge < -0.3 is 14.8 Å². The molecule has 2 rings (SSSR count). The molecule has 0 radical (unpaired) electrons. The molecule has 1 aliphatic rings. The largest absolute Gasteiger partial charge is 0.447 e. The maximum Gasteiger partial charge on any atom is 0.414 e. The second kappa shape index (κ2) is 5.71. The number of hydrogen-bond donors (Lipinski definition) is 1. The fourth-order valence-corrected chi connectivity index (χ4v) is 1.73. The summed E-state index contributed by atoms with van der Waals surface area (Å²) in [6.07, 6.45) is -0.894. The molecule has 6 heteroatoms. The van der Waals surface area contributed by atoms with E-state index < -0.39 is 6.10 Å². The Kier molecular flexibility index (Phi) is 4.01. The summed E-state index contributed by atoms with van der Waals surface area (Å²) in [5.41, 5.74) is 1.32. The van der Waals surface area contributed by atoms with Crippen molar-refractivity contribution in [3.63, 3.8) is 0 Å². The predicted octanol–water partition coefficient (Wildman–Crippen LogP) is 1.62. The van der Waals surface area contributed by atoms with Crippen LogP contribution < -0.4 is 10.2 Å². The van der Waals surface area contributed by atoms with E-state index in [0.29, 0.717) is 24.5 Å². The van der Waals surface area contributed by atoms with Crippen molar-refractivity contribution in [3.05, 3.63) is 24.3 Å². The molecule has 1 unspecified atom stereocenters. The fourth-order valence-electron chi connectivity index (χ4n) is 1.73. The maximum absolute atomic E-state index is 11.7. The van der Waals surface area contributed by atoms with Gasteiger partial charge in [-0.05, 0) is 25.1 Å². The maximum atomic E-state index is 11.7. The van der Waals surface area contributed by atoms with Crippen LogP contribution in [-0.4, -0.2) is 38.4 Å². The van der Waals surface area contributed by atoms with Gasteiger partial charge in [0.15, 0.2) is 0 Å². The average Bonchev–Trinajstić information content (AvgIpc) is 2.84. The van der Waals surface area contributed by atoms with Gasteiger partial charge in [0, 0.05) is 18.5 Å². The molecule has 0 spiro atoms. The molecule has 1 N–H and O–H groups in total. The molecular formula is C13H16N2O4. The van der Waals surface area contributed by atoms with Crippen molar-refractivity contribution in [2.45, 2.75) is 13.0 Å². The lowest BCUT2D eigenvalue weighted by Crippen LogP contribution is -2.27. The van der Waals surface area contributed by atoms with Crippen LogP contribution in [0.4, 0.5) is 16.2 Å². The van der Waals surface area contributed by atoms with Crippen LogP contribution in [0.15, 0.2) is 24.3 Å². The summed E-state index contributed by atoms with van der Waals surface area (Å²) in [7, 11) is 1.47. The number of methoxy groups -OCH3 is 1. The van der Waals surface area contributed by atoms with E-state index in [9.17, 15) is 9.59 Å². The highest BCUT2D eigenvalue weighted by Crippen LogP contribution is 2.22. The van der Waals surface area contributed by atoms with Crippen LogP contribution in [0.2, 0.25) is 0 Å². The van der Waals surface area contributed by atoms with Crippen molar-refractivity contribution in [3.8, 4) is 0 Å². The monoisotopic (exact) mass is 264 g/mol. The standard InChI is InChI=1S/C13H16N2O4/c1-9(18-2)12(16)14-10-4-3-5-11(8-10)15-6-7-19-13(15)17/h3-5,8-9H,6-7H2,1-2H3,(H,14,16). The lowest BCUT2D eigenvalue weighted by Gasteiger charge is -2.15. The Labute approximate surface area is 111 Å². The summed E-state index contributed by atoms with van der Waals surface area (Å²) in [6, 6.07) is 7.05. The van der Waals surface area contributed by atoms with Gasteiger partial charge in [-0.2, -0.15) is 0 Å². The van der Waals surface area contributed by atoms with Crippen molar-refractivity contribution in [1.82, 2.24) is 0 Å². The molecule has 1 aromatic rings. The number of carbonyl (C=O) groups is 2. The fraction of sp³-hybridized carbons (Fsp3) is 0.385. The first kappa shape index (κ1) is 13.4. The van der Waals surface area contributed by atoms with E-state index in [1.807, 2.05) is 0 Å². The highest BCUT2D eigenvalue weighted by molar-refractivity contribution is 5.95. The predicted molar refractivity (Wildman–Crippen MR) is 70.2 cm³/mol. The van der Waals surface area contributed by atoms with E-state index in [-0.39, 0.29) is 12.0 Å². The van der Waals surface area contributed by atoms with Gasteiger partial charge >= 0.3 is 6.09 Å². The first-order valence-electron chi connectivity index (χ1n) is 6.00. The Morgan fingerprint density at radius 1 is 1.53 bits per heavy atom. The zero-order chi connectivity index (χ0) is 13.8. The number of anilines is 2. The van der Waals surface area contributed by atoms with Crippen molar-refractivity contribution >= 4 is 23.4 Å². The Morgan fingerprint density at radius 2 is 2.32 bits per heavy atom. The van der Waals surface area contributed by atoms with Crippen molar-refractivity contribution < 1.29 is 19.1 Å². The normalized spacial score (nSPS) is 16.1. The quantitative estimate of drug-likeness (QED) is 0.897. The summed E-state index contributed by atoms with van der Waals surface area (Å²) >= 11 is 0. The van der Waals surface area contributed by atoms with E-state index in [1.54, 1.807) is 31.2 Å². The summed E-state index contributed by atoms with van der Waals surface area (Å²) in [4.78, 5) is 24.7. The zero-order valence-corrected chi connectivity index (χ0v) is 10.9. The van der Waals surface area contributed by atoms with Crippen molar-refractivity contribution in [1.29, 1.82) is 0 Å². The lowest BCUT2D eigenvalue weighted by atomic mass is 10.2. The van der Waals surface area contributed by atoms with E-state index in [4.69, 9.17) is 9.47 Å². The third-order valence-electron chi connectivity index (χ3n) is 2.91. The highest BCUT2D eigenvalue weighted by atomic mass is 16.6. The number of carbonyl (C=O) groups excluding carboxylic acids is 2. The molecule has 0 aliphatic carbocycles. The van der Waals surface area contributed by atoms with Crippen molar-refractivity contribution in [2.24, 2.45) is 0 Å². The number of nitrogens with one attached hydrogen (secondary N) is 1. The molecule has 1 aromatic carbocycles. The molecule has 0 bridgehead atoms. The number of cyclic esters (lactones) is 1. The van der Waals surface area contributed by atoms with Gasteiger partial charge in [-0.25, -0.2) is 4.79 Å². The van der Waals surface area contributed by atoms with E-state index in [2.05, 4.69) is 5.32 Å². The molecule has 6 nitrogen and oxygen atoms in total. The third kappa shape index (κ3) is 3.03. The van der Waals surface area contributed by atoms with Crippen LogP contribution in [0.3, 0.4) is 0 Å². The van der Waals surface area contributed by atoms with E-state index in [1.165, 1.54) is 12.0 Å². The zero-order valence-electron chi connectivity index (χ0n) is 10.9. The number of benzene rings is 1.